The van der Waals surface area contributed by atoms with Crippen molar-refractivity contribution in [1.29, 1.82) is 0 Å². The van der Waals surface area contributed by atoms with Crippen LogP contribution in [0.4, 0.5) is 0 Å². The summed E-state index contributed by atoms with van der Waals surface area (Å²) in [6.07, 6.45) is 2.86. The van der Waals surface area contributed by atoms with Crippen LogP contribution in [0.1, 0.15) is 22.5 Å². The van der Waals surface area contributed by atoms with Crippen LogP contribution in [0, 0.1) is 0 Å². The summed E-state index contributed by atoms with van der Waals surface area (Å²) in [7, 11) is 0. The lowest BCUT2D eigenvalue weighted by Gasteiger charge is -2.34. The summed E-state index contributed by atoms with van der Waals surface area (Å²) in [4.78, 5) is 24.8. The average molecular weight is 431 g/mol. The maximum absolute atomic E-state index is 12.7. The van der Waals surface area contributed by atoms with Gasteiger partial charge in [-0.1, -0.05) is 35.6 Å². The number of nitrogens with one attached hydrogen (secondary N) is 1. The minimum Gasteiger partial charge on any atom is -0.431 e. The Bertz CT molecular complexity index is 1190. The van der Waals surface area contributed by atoms with E-state index < -0.39 is 0 Å². The number of aromatic nitrogens is 2. The SMILES string of the molecule is O=C(c1ccc[nH]1)N1C[C@H]2C[C@H]1CN2Cc1ccc(Oc2nc3ccccc3s2)cc1. The van der Waals surface area contributed by atoms with Crippen molar-refractivity contribution in [3.05, 3.63) is 78.1 Å². The van der Waals surface area contributed by atoms with Crippen LogP contribution in [0.2, 0.25) is 0 Å². The summed E-state index contributed by atoms with van der Waals surface area (Å²) in [6, 6.07) is 20.8. The Morgan fingerprint density at radius 3 is 2.68 bits per heavy atom. The number of hydrogen-bond donors (Lipinski definition) is 1. The monoisotopic (exact) mass is 430 g/mol. The second-order valence-corrected chi connectivity index (χ2v) is 9.20. The molecule has 7 heteroatoms. The molecule has 2 fully saturated rings. The molecule has 1 N–H and O–H groups in total. The predicted molar refractivity (Wildman–Crippen MR) is 121 cm³/mol. The number of aromatic amines is 1. The first kappa shape index (κ1) is 18.6. The van der Waals surface area contributed by atoms with Gasteiger partial charge in [0, 0.05) is 37.9 Å². The van der Waals surface area contributed by atoms with Gasteiger partial charge in [-0.3, -0.25) is 9.69 Å². The third kappa shape index (κ3) is 3.49. The Kier molecular flexibility index (Phi) is 4.51. The van der Waals surface area contributed by atoms with Crippen molar-refractivity contribution in [2.24, 2.45) is 0 Å². The van der Waals surface area contributed by atoms with Gasteiger partial charge in [-0.2, -0.15) is 0 Å². The van der Waals surface area contributed by atoms with Crippen molar-refractivity contribution in [3.63, 3.8) is 0 Å². The molecule has 0 saturated carbocycles. The Morgan fingerprint density at radius 1 is 1.06 bits per heavy atom. The van der Waals surface area contributed by atoms with Crippen molar-refractivity contribution < 1.29 is 9.53 Å². The molecule has 156 valence electrons. The zero-order chi connectivity index (χ0) is 20.8. The van der Waals surface area contributed by atoms with Gasteiger partial charge < -0.3 is 14.6 Å². The summed E-state index contributed by atoms with van der Waals surface area (Å²) in [5.41, 5.74) is 2.90. The van der Waals surface area contributed by atoms with Gasteiger partial charge in [0.15, 0.2) is 0 Å². The van der Waals surface area contributed by atoms with E-state index in [-0.39, 0.29) is 5.91 Å². The lowest BCUT2D eigenvalue weighted by atomic mass is 10.2. The average Bonchev–Trinajstić information content (AvgIpc) is 3.57. The number of piperazine rings is 1. The highest BCUT2D eigenvalue weighted by molar-refractivity contribution is 7.20. The quantitative estimate of drug-likeness (QED) is 0.506. The maximum atomic E-state index is 12.7. The van der Waals surface area contributed by atoms with Gasteiger partial charge in [-0.25, -0.2) is 4.98 Å². The summed E-state index contributed by atoms with van der Waals surface area (Å²) in [6.45, 7) is 2.63. The Hall–Kier alpha value is -3.16. The number of benzene rings is 2. The zero-order valence-corrected chi connectivity index (χ0v) is 17.7. The van der Waals surface area contributed by atoms with Crippen LogP contribution in [0.3, 0.4) is 0 Å². The molecule has 4 heterocycles. The van der Waals surface area contributed by atoms with E-state index in [2.05, 4.69) is 33.1 Å². The van der Waals surface area contributed by atoms with Gasteiger partial charge in [-0.05, 0) is 48.4 Å². The van der Waals surface area contributed by atoms with E-state index in [1.165, 1.54) is 5.56 Å². The standard InChI is InChI=1S/C24H22N4O2S/c29-23(21-5-3-11-25-21)28-15-17-12-18(28)14-27(17)13-16-7-9-19(10-8-16)30-24-26-20-4-1-2-6-22(20)31-24/h1-11,17-18,25H,12-15H2/t17-,18+/m1/s1. The first-order valence-electron chi connectivity index (χ1n) is 10.5. The summed E-state index contributed by atoms with van der Waals surface area (Å²) >= 11 is 1.56. The molecule has 2 aliphatic rings. The van der Waals surface area contributed by atoms with E-state index in [0.717, 1.165) is 42.0 Å². The molecule has 6 nitrogen and oxygen atoms in total. The van der Waals surface area contributed by atoms with Gasteiger partial charge in [0.25, 0.3) is 11.1 Å². The number of amides is 1. The number of nitrogens with zero attached hydrogens (tertiary/aromatic N) is 3. The van der Waals surface area contributed by atoms with Crippen LogP contribution in [-0.2, 0) is 6.54 Å². The topological polar surface area (TPSA) is 61.5 Å². The van der Waals surface area contributed by atoms with Crippen molar-refractivity contribution in [1.82, 2.24) is 19.8 Å². The van der Waals surface area contributed by atoms with Gasteiger partial charge in [-0.15, -0.1) is 0 Å². The highest BCUT2D eigenvalue weighted by atomic mass is 32.1. The fourth-order valence-corrected chi connectivity index (χ4v) is 5.54. The molecule has 4 aromatic rings. The molecule has 0 unspecified atom stereocenters. The van der Waals surface area contributed by atoms with Gasteiger partial charge in [0.05, 0.1) is 10.2 Å². The van der Waals surface area contributed by atoms with Crippen LogP contribution in [0.15, 0.2) is 66.9 Å². The largest absolute Gasteiger partial charge is 0.431 e. The number of H-pyrrole nitrogens is 1. The van der Waals surface area contributed by atoms with E-state index >= 15 is 0 Å². The second-order valence-electron chi connectivity index (χ2n) is 8.21. The molecular formula is C24H22N4O2S. The third-order valence-corrected chi connectivity index (χ3v) is 7.15. The number of ether oxygens (including phenoxy) is 1. The van der Waals surface area contributed by atoms with Crippen molar-refractivity contribution in [2.75, 3.05) is 13.1 Å². The number of fused-ring (bicyclic) bond motifs is 3. The molecule has 2 atom stereocenters. The van der Waals surface area contributed by atoms with E-state index in [1.807, 2.05) is 47.4 Å². The van der Waals surface area contributed by atoms with Crippen molar-refractivity contribution >= 4 is 27.5 Å². The van der Waals surface area contributed by atoms with E-state index in [1.54, 1.807) is 17.5 Å². The number of carbonyl (C=O) groups excluding carboxylic acids is 1. The Balaban J connectivity index is 1.08. The number of para-hydroxylation sites is 1. The lowest BCUT2D eigenvalue weighted by Crippen LogP contribution is -2.48. The molecule has 31 heavy (non-hydrogen) atoms. The number of likely N-dealkylation sites (tertiary alicyclic amines) is 2. The van der Waals surface area contributed by atoms with Gasteiger partial charge in [0.2, 0.25) is 0 Å². The van der Waals surface area contributed by atoms with E-state index in [0.29, 0.717) is 23.0 Å². The third-order valence-electron chi connectivity index (χ3n) is 6.23. The molecule has 0 aliphatic carbocycles. The molecule has 0 spiro atoms. The predicted octanol–water partition coefficient (Wildman–Crippen LogP) is 4.52. The van der Waals surface area contributed by atoms with Gasteiger partial charge >= 0.3 is 0 Å². The first-order chi connectivity index (χ1) is 15.2. The number of thiazole rings is 1. The zero-order valence-electron chi connectivity index (χ0n) is 16.9. The molecule has 2 aliphatic heterocycles. The van der Waals surface area contributed by atoms with Crippen molar-refractivity contribution in [3.8, 4) is 10.9 Å². The fraction of sp³-hybridized carbons (Fsp3) is 0.250. The molecule has 2 saturated heterocycles. The van der Waals surface area contributed by atoms with E-state index in [9.17, 15) is 4.79 Å². The lowest BCUT2D eigenvalue weighted by molar-refractivity contribution is 0.0611. The Labute approximate surface area is 184 Å². The number of hydrogen-bond acceptors (Lipinski definition) is 5. The highest BCUT2D eigenvalue weighted by Crippen LogP contribution is 2.34. The normalized spacial score (nSPS) is 20.6. The molecular weight excluding hydrogens is 408 g/mol. The minimum atomic E-state index is 0.119. The second kappa shape index (κ2) is 7.51. The van der Waals surface area contributed by atoms with Crippen LogP contribution < -0.4 is 4.74 Å². The van der Waals surface area contributed by atoms with Crippen LogP contribution >= 0.6 is 11.3 Å². The molecule has 6 rings (SSSR count). The summed E-state index contributed by atoms with van der Waals surface area (Å²) in [5.74, 6) is 0.918. The Morgan fingerprint density at radius 2 is 1.94 bits per heavy atom. The fourth-order valence-electron chi connectivity index (χ4n) is 4.70. The number of carbonyl (C=O) groups is 1. The molecule has 2 aromatic carbocycles. The number of rotatable bonds is 5. The molecule has 1 amide bonds. The molecule has 2 aromatic heterocycles. The minimum absolute atomic E-state index is 0.119. The highest BCUT2D eigenvalue weighted by Gasteiger charge is 2.45. The maximum Gasteiger partial charge on any atom is 0.279 e. The smallest absolute Gasteiger partial charge is 0.279 e. The first-order valence-corrected chi connectivity index (χ1v) is 11.4. The molecule has 0 radical (unpaired) electrons. The molecule has 2 bridgehead atoms. The summed E-state index contributed by atoms with van der Waals surface area (Å²) < 4.78 is 7.09. The van der Waals surface area contributed by atoms with Gasteiger partial charge in [0.1, 0.15) is 11.4 Å². The van der Waals surface area contributed by atoms with E-state index in [4.69, 9.17) is 4.74 Å². The van der Waals surface area contributed by atoms with Crippen molar-refractivity contribution in [2.45, 2.75) is 25.0 Å². The van der Waals surface area contributed by atoms with Crippen LogP contribution in [-0.4, -0.2) is 50.8 Å². The summed E-state index contributed by atoms with van der Waals surface area (Å²) in [5, 5.41) is 0.664. The van der Waals surface area contributed by atoms with Crippen LogP contribution in [0.5, 0.6) is 10.9 Å². The van der Waals surface area contributed by atoms with Crippen LogP contribution in [0.25, 0.3) is 10.2 Å².